The van der Waals surface area contributed by atoms with Crippen molar-refractivity contribution in [3.05, 3.63) is 77.8 Å². The van der Waals surface area contributed by atoms with Crippen LogP contribution in [0.2, 0.25) is 0 Å². The van der Waals surface area contributed by atoms with Gasteiger partial charge in [0.25, 0.3) is 0 Å². The molecule has 1 unspecified atom stereocenters. The number of nitrogens with two attached hydrogens (primary N) is 1. The molecule has 234 valence electrons. The smallest absolute Gasteiger partial charge is 0.318 e. The van der Waals surface area contributed by atoms with Crippen LogP contribution in [0.1, 0.15) is 37.9 Å². The van der Waals surface area contributed by atoms with Gasteiger partial charge in [-0.3, -0.25) is 9.69 Å². The molecule has 0 aliphatic carbocycles. The van der Waals surface area contributed by atoms with Crippen LogP contribution in [0, 0.1) is 6.57 Å². The van der Waals surface area contributed by atoms with Crippen LogP contribution in [0.3, 0.4) is 0 Å². The molecule has 10 heteroatoms. The molecule has 1 saturated heterocycles. The number of ether oxygens (including phenoxy) is 2. The SMILES string of the molecule is COCCN1CCC[C@H]1COc1nc(N)c2c(n1)CN(c1cccc3ccccc13)CC2.[C-]#[N+]CC(C)N(CC)C(=O)C=C. The van der Waals surface area contributed by atoms with Gasteiger partial charge in [0.1, 0.15) is 18.5 Å². The second-order valence-electron chi connectivity index (χ2n) is 11.1. The fourth-order valence-corrected chi connectivity index (χ4v) is 5.98. The molecule has 2 aliphatic rings. The number of nitrogens with zero attached hydrogens (tertiary/aromatic N) is 6. The van der Waals surface area contributed by atoms with Gasteiger partial charge in [-0.25, -0.2) is 6.57 Å². The first-order valence-electron chi connectivity index (χ1n) is 15.4. The molecule has 1 amide bonds. The Balaban J connectivity index is 0.000000314. The zero-order valence-electron chi connectivity index (χ0n) is 26.2. The van der Waals surface area contributed by atoms with Gasteiger partial charge in [-0.1, -0.05) is 43.0 Å². The zero-order chi connectivity index (χ0) is 31.5. The molecule has 2 atom stereocenters. The van der Waals surface area contributed by atoms with E-state index in [1.807, 2.05) is 13.8 Å². The van der Waals surface area contributed by atoms with Crippen molar-refractivity contribution in [2.45, 2.75) is 51.7 Å². The van der Waals surface area contributed by atoms with Gasteiger partial charge in [-0.15, -0.1) is 0 Å². The second-order valence-corrected chi connectivity index (χ2v) is 11.1. The summed E-state index contributed by atoms with van der Waals surface area (Å²) in [4.78, 5) is 30.1. The number of likely N-dealkylation sites (tertiary alicyclic amines) is 1. The molecule has 44 heavy (non-hydrogen) atoms. The summed E-state index contributed by atoms with van der Waals surface area (Å²) in [6, 6.07) is 15.7. The highest BCUT2D eigenvalue weighted by Gasteiger charge is 2.27. The maximum absolute atomic E-state index is 11.2. The van der Waals surface area contributed by atoms with Gasteiger partial charge in [-0.2, -0.15) is 9.97 Å². The number of methoxy groups -OCH3 is 1. The van der Waals surface area contributed by atoms with E-state index in [9.17, 15) is 4.79 Å². The average Bonchev–Trinajstić information content (AvgIpc) is 3.50. The first-order valence-corrected chi connectivity index (χ1v) is 15.4. The van der Waals surface area contributed by atoms with Crippen LogP contribution in [0.4, 0.5) is 11.5 Å². The molecule has 10 nitrogen and oxygen atoms in total. The fourth-order valence-electron chi connectivity index (χ4n) is 5.98. The van der Waals surface area contributed by atoms with E-state index in [1.165, 1.54) is 29.0 Å². The summed E-state index contributed by atoms with van der Waals surface area (Å²) in [6.07, 6.45) is 4.42. The number of hydrogen-bond donors (Lipinski definition) is 1. The maximum atomic E-state index is 11.2. The minimum atomic E-state index is -0.103. The van der Waals surface area contributed by atoms with Crippen LogP contribution >= 0.6 is 0 Å². The molecule has 0 saturated carbocycles. The van der Waals surface area contributed by atoms with Gasteiger partial charge in [0, 0.05) is 49.4 Å². The lowest BCUT2D eigenvalue weighted by atomic mass is 10.0. The zero-order valence-corrected chi connectivity index (χ0v) is 26.2. The van der Waals surface area contributed by atoms with Crippen LogP contribution in [-0.2, 0) is 22.5 Å². The molecular weight excluding hydrogens is 554 g/mol. The Morgan fingerprint density at radius 2 is 2.05 bits per heavy atom. The highest BCUT2D eigenvalue weighted by molar-refractivity contribution is 5.94. The molecular formula is C34H45N7O3. The molecule has 2 aliphatic heterocycles. The summed E-state index contributed by atoms with van der Waals surface area (Å²) >= 11 is 0. The van der Waals surface area contributed by atoms with E-state index in [4.69, 9.17) is 26.8 Å². The van der Waals surface area contributed by atoms with Crippen LogP contribution < -0.4 is 15.4 Å². The Kier molecular flexibility index (Phi) is 11.9. The number of nitrogen functional groups attached to an aromatic ring is 1. The van der Waals surface area contributed by atoms with Crippen molar-refractivity contribution in [2.75, 3.05) is 63.7 Å². The molecule has 2 N–H and O–H groups in total. The predicted octanol–water partition coefficient (Wildman–Crippen LogP) is 4.59. The van der Waals surface area contributed by atoms with E-state index in [1.54, 1.807) is 12.0 Å². The van der Waals surface area contributed by atoms with E-state index in [0.29, 0.717) is 44.1 Å². The second kappa shape index (κ2) is 16.0. The number of rotatable bonds is 11. The average molecular weight is 600 g/mol. The molecule has 2 aromatic carbocycles. The third-order valence-electron chi connectivity index (χ3n) is 8.36. The highest BCUT2D eigenvalue weighted by Crippen LogP contribution is 2.32. The van der Waals surface area contributed by atoms with Crippen molar-refractivity contribution in [3.8, 4) is 6.01 Å². The van der Waals surface area contributed by atoms with Gasteiger partial charge in [0.15, 0.2) is 0 Å². The fraction of sp³-hybridized carbons (Fsp3) is 0.471. The van der Waals surface area contributed by atoms with E-state index < -0.39 is 0 Å². The standard InChI is InChI=1S/C25H31N5O2.C9H14N2O/c1-31-15-14-29-12-5-8-19(29)17-32-25-27-22-16-30(13-11-21(22)24(26)28-25)23-10-4-7-18-6-2-3-9-20(18)23;1-5-9(12)11(6-2)8(3)7-10-4/h2-4,6-7,9-10,19H,5,8,11-17H2,1H3,(H2,26,27,28);5,8H,1,6-7H2,2-3H3/t19-;/m0./s1. The molecule has 0 radical (unpaired) electrons. The minimum absolute atomic E-state index is 0.0157. The van der Waals surface area contributed by atoms with E-state index in [2.05, 4.69) is 68.7 Å². The van der Waals surface area contributed by atoms with Crippen molar-refractivity contribution in [1.29, 1.82) is 0 Å². The minimum Gasteiger partial charge on any atom is -0.462 e. The Morgan fingerprint density at radius 3 is 2.80 bits per heavy atom. The lowest BCUT2D eigenvalue weighted by Gasteiger charge is -2.31. The van der Waals surface area contributed by atoms with Gasteiger partial charge in [0.05, 0.1) is 18.8 Å². The molecule has 1 fully saturated rings. The molecule has 0 spiro atoms. The number of fused-ring (bicyclic) bond motifs is 2. The molecule has 3 heterocycles. The number of hydrogen-bond acceptors (Lipinski definition) is 8. The lowest BCUT2D eigenvalue weighted by Crippen LogP contribution is -2.38. The van der Waals surface area contributed by atoms with Crippen molar-refractivity contribution >= 4 is 28.2 Å². The van der Waals surface area contributed by atoms with Gasteiger partial charge < -0.3 is 29.9 Å². The van der Waals surface area contributed by atoms with Crippen molar-refractivity contribution in [3.63, 3.8) is 0 Å². The van der Waals surface area contributed by atoms with Crippen LogP contribution in [0.15, 0.2) is 55.1 Å². The molecule has 1 aromatic heterocycles. The van der Waals surface area contributed by atoms with E-state index >= 15 is 0 Å². The summed E-state index contributed by atoms with van der Waals surface area (Å²) in [5.74, 6) is 0.443. The summed E-state index contributed by atoms with van der Waals surface area (Å²) < 4.78 is 11.3. The summed E-state index contributed by atoms with van der Waals surface area (Å²) in [6.45, 7) is 19.7. The van der Waals surface area contributed by atoms with Crippen molar-refractivity contribution in [2.24, 2.45) is 0 Å². The Labute approximate surface area is 261 Å². The van der Waals surface area contributed by atoms with Crippen molar-refractivity contribution in [1.82, 2.24) is 19.8 Å². The topological polar surface area (TPSA) is 101 Å². The first-order chi connectivity index (χ1) is 21.4. The lowest BCUT2D eigenvalue weighted by molar-refractivity contribution is -0.127. The Morgan fingerprint density at radius 1 is 1.25 bits per heavy atom. The summed E-state index contributed by atoms with van der Waals surface area (Å²) in [7, 11) is 1.74. The van der Waals surface area contributed by atoms with Crippen LogP contribution in [0.25, 0.3) is 15.6 Å². The van der Waals surface area contributed by atoms with E-state index in [0.717, 1.165) is 50.3 Å². The number of amides is 1. The molecule has 0 bridgehead atoms. The number of aromatic nitrogens is 2. The van der Waals surface area contributed by atoms with Crippen LogP contribution in [-0.4, -0.2) is 90.8 Å². The quantitative estimate of drug-likeness (QED) is 0.252. The molecule has 3 aromatic rings. The monoisotopic (exact) mass is 599 g/mol. The van der Waals surface area contributed by atoms with Crippen molar-refractivity contribution < 1.29 is 14.3 Å². The number of anilines is 2. The van der Waals surface area contributed by atoms with Crippen LogP contribution in [0.5, 0.6) is 6.01 Å². The van der Waals surface area contributed by atoms with Gasteiger partial charge in [0.2, 0.25) is 12.5 Å². The number of likely N-dealkylation sites (N-methyl/N-ethyl adjacent to an activating group) is 1. The van der Waals surface area contributed by atoms with Gasteiger partial charge in [-0.05, 0) is 57.2 Å². The molecule has 5 rings (SSSR count). The number of carbonyl (C=O) groups is 1. The highest BCUT2D eigenvalue weighted by atomic mass is 16.5. The third-order valence-corrected chi connectivity index (χ3v) is 8.36. The Hall–Kier alpha value is -4.20. The predicted molar refractivity (Wildman–Crippen MR) is 176 cm³/mol. The van der Waals surface area contributed by atoms with E-state index in [-0.39, 0.29) is 11.9 Å². The maximum Gasteiger partial charge on any atom is 0.318 e. The third kappa shape index (κ3) is 8.04. The number of carbonyl (C=O) groups excluding carboxylic acids is 1. The van der Waals surface area contributed by atoms with Gasteiger partial charge >= 0.3 is 6.01 Å². The largest absolute Gasteiger partial charge is 0.462 e. The number of benzene rings is 2. The Bertz CT molecular complexity index is 1450. The normalized spacial score (nSPS) is 16.8. The first kappa shape index (κ1) is 32.7. The summed E-state index contributed by atoms with van der Waals surface area (Å²) in [5, 5.41) is 2.51. The summed E-state index contributed by atoms with van der Waals surface area (Å²) in [5.41, 5.74) is 9.57.